The average Bonchev–Trinajstić information content (AvgIpc) is 2.71. The van der Waals surface area contributed by atoms with Gasteiger partial charge in [0.05, 0.1) is 18.4 Å². The summed E-state index contributed by atoms with van der Waals surface area (Å²) in [4.78, 5) is 45.1. The molecule has 0 aromatic carbocycles. The first-order valence-electron chi connectivity index (χ1n) is 11.4. The molecule has 0 aliphatic rings. The summed E-state index contributed by atoms with van der Waals surface area (Å²) < 4.78 is 10.3. The van der Waals surface area contributed by atoms with Crippen LogP contribution in [0.5, 0.6) is 0 Å². The molecule has 32 heavy (non-hydrogen) atoms. The Morgan fingerprint density at radius 2 is 1.69 bits per heavy atom. The summed E-state index contributed by atoms with van der Waals surface area (Å²) in [7, 11) is 0. The molecule has 0 rings (SSSR count). The predicted octanol–water partition coefficient (Wildman–Crippen LogP) is 4.71. The van der Waals surface area contributed by atoms with E-state index in [9.17, 15) is 19.5 Å². The standard InChI is InChI=1S/C24H42O8/c1-7-24(5,6)16-20(22(26)27)15-19(4)23(28)30-12-10-8-9-11-21(25)29-13-14-31-32-17-18(2)3/h19-20H,2,7-17H2,1,3-6H3,(H,26,27). The highest BCUT2D eigenvalue weighted by Crippen LogP contribution is 2.32. The molecule has 0 aromatic rings. The number of carbonyl (C=O) groups is 3. The Morgan fingerprint density at radius 3 is 2.28 bits per heavy atom. The summed E-state index contributed by atoms with van der Waals surface area (Å²) >= 11 is 0. The first kappa shape index (κ1) is 30.1. The van der Waals surface area contributed by atoms with Gasteiger partial charge in [-0.3, -0.25) is 14.4 Å². The van der Waals surface area contributed by atoms with Crippen LogP contribution in [0.2, 0.25) is 0 Å². The number of aliphatic carboxylic acids is 1. The van der Waals surface area contributed by atoms with Gasteiger partial charge in [-0.1, -0.05) is 46.3 Å². The van der Waals surface area contributed by atoms with E-state index in [1.807, 2.05) is 27.7 Å². The van der Waals surface area contributed by atoms with E-state index in [-0.39, 0.29) is 50.0 Å². The van der Waals surface area contributed by atoms with Gasteiger partial charge >= 0.3 is 17.9 Å². The molecular weight excluding hydrogens is 416 g/mol. The van der Waals surface area contributed by atoms with Crippen molar-refractivity contribution in [1.82, 2.24) is 0 Å². The molecule has 186 valence electrons. The zero-order chi connectivity index (χ0) is 24.6. The maximum atomic E-state index is 12.2. The number of unbranched alkanes of at least 4 members (excludes halogenated alkanes) is 2. The first-order chi connectivity index (χ1) is 15.0. The Labute approximate surface area is 192 Å². The van der Waals surface area contributed by atoms with Crippen molar-refractivity contribution in [1.29, 1.82) is 0 Å². The smallest absolute Gasteiger partial charge is 0.308 e. The van der Waals surface area contributed by atoms with Crippen LogP contribution in [0.4, 0.5) is 0 Å². The number of carboxylic acid groups (broad SMARTS) is 1. The van der Waals surface area contributed by atoms with Crippen molar-refractivity contribution in [2.24, 2.45) is 17.3 Å². The molecule has 8 nitrogen and oxygen atoms in total. The van der Waals surface area contributed by atoms with Crippen molar-refractivity contribution in [3.63, 3.8) is 0 Å². The fourth-order valence-electron chi connectivity index (χ4n) is 2.93. The largest absolute Gasteiger partial charge is 0.481 e. The summed E-state index contributed by atoms with van der Waals surface area (Å²) in [6.07, 6.45) is 3.94. The number of carbonyl (C=O) groups excluding carboxylic acids is 2. The highest BCUT2D eigenvalue weighted by atomic mass is 17.2. The van der Waals surface area contributed by atoms with Crippen LogP contribution in [0.3, 0.4) is 0 Å². The van der Waals surface area contributed by atoms with Gasteiger partial charge < -0.3 is 14.6 Å². The topological polar surface area (TPSA) is 108 Å². The molecule has 0 spiro atoms. The fraction of sp³-hybridized carbons (Fsp3) is 0.792. The third kappa shape index (κ3) is 15.8. The van der Waals surface area contributed by atoms with Crippen molar-refractivity contribution in [2.45, 2.75) is 79.6 Å². The molecular formula is C24H42O8. The van der Waals surface area contributed by atoms with Crippen LogP contribution in [-0.2, 0) is 33.6 Å². The van der Waals surface area contributed by atoms with Crippen LogP contribution in [0.25, 0.3) is 0 Å². The molecule has 0 aliphatic heterocycles. The summed E-state index contributed by atoms with van der Waals surface area (Å²) in [5, 5.41) is 9.49. The fourth-order valence-corrected chi connectivity index (χ4v) is 2.93. The summed E-state index contributed by atoms with van der Waals surface area (Å²) in [5.41, 5.74) is 0.752. The van der Waals surface area contributed by atoms with Gasteiger partial charge in [-0.25, -0.2) is 9.78 Å². The van der Waals surface area contributed by atoms with Gasteiger partial charge in [-0.15, -0.1) is 0 Å². The molecule has 0 radical (unpaired) electrons. The molecule has 0 aliphatic carbocycles. The third-order valence-electron chi connectivity index (χ3n) is 5.23. The van der Waals surface area contributed by atoms with Crippen molar-refractivity contribution in [3.05, 3.63) is 12.2 Å². The lowest BCUT2D eigenvalue weighted by atomic mass is 9.78. The van der Waals surface area contributed by atoms with Crippen LogP contribution >= 0.6 is 0 Å². The van der Waals surface area contributed by atoms with E-state index < -0.39 is 17.8 Å². The summed E-state index contributed by atoms with van der Waals surface area (Å²) in [6.45, 7) is 14.1. The maximum absolute atomic E-state index is 12.2. The van der Waals surface area contributed by atoms with Crippen LogP contribution in [-0.4, -0.2) is 49.4 Å². The van der Waals surface area contributed by atoms with E-state index in [0.29, 0.717) is 25.9 Å². The quantitative estimate of drug-likeness (QED) is 0.0974. The molecule has 0 fully saturated rings. The highest BCUT2D eigenvalue weighted by Gasteiger charge is 2.30. The van der Waals surface area contributed by atoms with Gasteiger partial charge in [0.25, 0.3) is 0 Å². The number of ether oxygens (including phenoxy) is 2. The second kappa shape index (κ2) is 16.7. The van der Waals surface area contributed by atoms with E-state index in [0.717, 1.165) is 18.4 Å². The second-order valence-electron chi connectivity index (χ2n) is 9.13. The van der Waals surface area contributed by atoms with E-state index >= 15 is 0 Å². The van der Waals surface area contributed by atoms with Gasteiger partial charge in [0.2, 0.25) is 0 Å². The number of rotatable bonds is 19. The Morgan fingerprint density at radius 1 is 1.00 bits per heavy atom. The molecule has 0 amide bonds. The Hall–Kier alpha value is -1.93. The number of hydrogen-bond acceptors (Lipinski definition) is 7. The van der Waals surface area contributed by atoms with E-state index in [1.165, 1.54) is 0 Å². The van der Waals surface area contributed by atoms with E-state index in [2.05, 4.69) is 6.58 Å². The predicted molar refractivity (Wildman–Crippen MR) is 121 cm³/mol. The lowest BCUT2D eigenvalue weighted by Crippen LogP contribution is -2.27. The first-order valence-corrected chi connectivity index (χ1v) is 11.4. The highest BCUT2D eigenvalue weighted by molar-refractivity contribution is 5.74. The van der Waals surface area contributed by atoms with Gasteiger partial charge in [-0.05, 0) is 44.4 Å². The molecule has 2 unspecified atom stereocenters. The van der Waals surface area contributed by atoms with Gasteiger partial charge in [-0.2, -0.15) is 0 Å². The van der Waals surface area contributed by atoms with Crippen LogP contribution in [0, 0.1) is 17.3 Å². The zero-order valence-corrected chi connectivity index (χ0v) is 20.4. The normalized spacial score (nSPS) is 13.3. The van der Waals surface area contributed by atoms with Gasteiger partial charge in [0, 0.05) is 6.42 Å². The Bertz CT molecular complexity index is 585. The minimum absolute atomic E-state index is 0.0841. The van der Waals surface area contributed by atoms with Crippen molar-refractivity contribution in [2.75, 3.05) is 26.4 Å². The SMILES string of the molecule is C=C(C)COOCCOC(=O)CCCCCOC(=O)C(C)CC(CC(C)(C)CC)C(=O)O. The summed E-state index contributed by atoms with van der Waals surface area (Å²) in [5.74, 6) is -2.60. The lowest BCUT2D eigenvalue weighted by molar-refractivity contribution is -0.291. The summed E-state index contributed by atoms with van der Waals surface area (Å²) in [6, 6.07) is 0. The van der Waals surface area contributed by atoms with E-state index in [4.69, 9.17) is 19.2 Å². The van der Waals surface area contributed by atoms with Crippen LogP contribution in [0.1, 0.15) is 79.6 Å². The molecule has 0 aromatic heterocycles. The van der Waals surface area contributed by atoms with Gasteiger partial charge in [0.15, 0.2) is 0 Å². The number of hydrogen-bond donors (Lipinski definition) is 1. The van der Waals surface area contributed by atoms with Crippen molar-refractivity contribution >= 4 is 17.9 Å². The second-order valence-corrected chi connectivity index (χ2v) is 9.13. The molecule has 0 bridgehead atoms. The monoisotopic (exact) mass is 458 g/mol. The minimum Gasteiger partial charge on any atom is -0.481 e. The van der Waals surface area contributed by atoms with Crippen molar-refractivity contribution in [3.8, 4) is 0 Å². The average molecular weight is 459 g/mol. The molecule has 0 saturated heterocycles. The van der Waals surface area contributed by atoms with E-state index in [1.54, 1.807) is 6.92 Å². The lowest BCUT2D eigenvalue weighted by Gasteiger charge is -2.27. The zero-order valence-electron chi connectivity index (χ0n) is 20.4. The molecule has 0 heterocycles. The van der Waals surface area contributed by atoms with Crippen LogP contribution in [0.15, 0.2) is 12.2 Å². The maximum Gasteiger partial charge on any atom is 0.308 e. The molecule has 1 N–H and O–H groups in total. The third-order valence-corrected chi connectivity index (χ3v) is 5.23. The Kier molecular flexibility index (Phi) is 15.7. The van der Waals surface area contributed by atoms with Crippen LogP contribution < -0.4 is 0 Å². The molecule has 0 saturated carbocycles. The Balaban J connectivity index is 3.92. The number of carboxylic acids is 1. The molecule has 2 atom stereocenters. The number of esters is 2. The molecule has 8 heteroatoms. The minimum atomic E-state index is -0.871. The van der Waals surface area contributed by atoms with Gasteiger partial charge in [0.1, 0.15) is 19.8 Å². The van der Waals surface area contributed by atoms with Crippen molar-refractivity contribution < 1.29 is 38.7 Å².